The maximum atomic E-state index is 12.4. The van der Waals surface area contributed by atoms with Crippen molar-refractivity contribution in [3.8, 4) is 0 Å². The van der Waals surface area contributed by atoms with Gasteiger partial charge < -0.3 is 5.32 Å². The van der Waals surface area contributed by atoms with Crippen LogP contribution >= 0.6 is 0 Å². The second-order valence-corrected chi connectivity index (χ2v) is 3.95. The number of amides is 1. The third-order valence-electron chi connectivity index (χ3n) is 2.59. The third kappa shape index (κ3) is 3.07. The number of halogens is 4. The zero-order valence-electron chi connectivity index (χ0n) is 8.27. The van der Waals surface area contributed by atoms with E-state index in [1.165, 1.54) is 0 Å². The first kappa shape index (κ1) is 12.3. The lowest BCUT2D eigenvalue weighted by molar-refractivity contribution is -0.169. The van der Waals surface area contributed by atoms with Crippen molar-refractivity contribution in [3.05, 3.63) is 0 Å². The molecule has 1 saturated carbocycles. The van der Waals surface area contributed by atoms with Crippen LogP contribution < -0.4 is 5.32 Å². The van der Waals surface area contributed by atoms with Crippen LogP contribution in [0.15, 0.2) is 0 Å². The van der Waals surface area contributed by atoms with Crippen LogP contribution in [0.3, 0.4) is 0 Å². The van der Waals surface area contributed by atoms with E-state index in [4.69, 9.17) is 0 Å². The molecular weight excluding hydrogens is 214 g/mol. The van der Waals surface area contributed by atoms with Gasteiger partial charge in [0.25, 0.3) is 5.91 Å². The Morgan fingerprint density at radius 2 is 2.00 bits per heavy atom. The molecule has 0 aromatic heterocycles. The van der Waals surface area contributed by atoms with Crippen molar-refractivity contribution in [2.24, 2.45) is 11.8 Å². The summed E-state index contributed by atoms with van der Waals surface area (Å²) in [6, 6.07) is 0. The summed E-state index contributed by atoms with van der Waals surface area (Å²) in [4.78, 5) is 10.7. The van der Waals surface area contributed by atoms with Crippen LogP contribution in [0.1, 0.15) is 19.8 Å². The Morgan fingerprint density at radius 1 is 1.47 bits per heavy atom. The molecule has 0 saturated heterocycles. The molecular formula is C9H13F4NO. The van der Waals surface area contributed by atoms with E-state index < -0.39 is 18.3 Å². The molecule has 6 heteroatoms. The number of rotatable bonds is 5. The lowest BCUT2D eigenvalue weighted by Crippen LogP contribution is -2.46. The summed E-state index contributed by atoms with van der Waals surface area (Å²) in [6.45, 7) is 1.84. The summed E-state index contributed by atoms with van der Waals surface area (Å²) in [5, 5.41) is 1.86. The van der Waals surface area contributed by atoms with Gasteiger partial charge in [0.2, 0.25) is 0 Å². The SMILES string of the molecule is CC(CNC(=O)C(F)(F)C(F)F)C1CC1. The lowest BCUT2D eigenvalue weighted by Gasteiger charge is -2.17. The van der Waals surface area contributed by atoms with Gasteiger partial charge in [0.05, 0.1) is 0 Å². The molecule has 0 heterocycles. The molecule has 1 unspecified atom stereocenters. The zero-order valence-corrected chi connectivity index (χ0v) is 8.27. The van der Waals surface area contributed by atoms with E-state index in [2.05, 4.69) is 0 Å². The zero-order chi connectivity index (χ0) is 11.6. The van der Waals surface area contributed by atoms with Gasteiger partial charge in [0, 0.05) is 6.54 Å². The summed E-state index contributed by atoms with van der Waals surface area (Å²) in [5.41, 5.74) is 0. The maximum Gasteiger partial charge on any atom is 0.383 e. The first-order chi connectivity index (χ1) is 6.85. The largest absolute Gasteiger partial charge is 0.383 e. The molecule has 1 N–H and O–H groups in total. The molecule has 1 aliphatic rings. The summed E-state index contributed by atoms with van der Waals surface area (Å²) >= 11 is 0. The Balaban J connectivity index is 2.34. The van der Waals surface area contributed by atoms with Crippen LogP contribution in [-0.4, -0.2) is 24.8 Å². The topological polar surface area (TPSA) is 29.1 Å². The fraction of sp³-hybridized carbons (Fsp3) is 0.889. The molecule has 0 aromatic carbocycles. The minimum absolute atomic E-state index is 0.0335. The molecule has 1 rings (SSSR count). The minimum atomic E-state index is -4.58. The Hall–Kier alpha value is -0.810. The number of nitrogens with one attached hydrogen (secondary N) is 1. The van der Waals surface area contributed by atoms with Gasteiger partial charge in [0.15, 0.2) is 0 Å². The van der Waals surface area contributed by atoms with Gasteiger partial charge in [-0.15, -0.1) is 0 Å². The minimum Gasteiger partial charge on any atom is -0.350 e. The second-order valence-electron chi connectivity index (χ2n) is 3.95. The van der Waals surface area contributed by atoms with Crippen LogP contribution in [0.2, 0.25) is 0 Å². The van der Waals surface area contributed by atoms with Crippen molar-refractivity contribution in [3.63, 3.8) is 0 Å². The molecule has 0 bridgehead atoms. The van der Waals surface area contributed by atoms with E-state index >= 15 is 0 Å². The van der Waals surface area contributed by atoms with Crippen molar-refractivity contribution >= 4 is 5.91 Å². The molecule has 1 aliphatic carbocycles. The van der Waals surface area contributed by atoms with Gasteiger partial charge in [-0.05, 0) is 24.7 Å². The summed E-state index contributed by atoms with van der Waals surface area (Å²) in [6.07, 6.45) is -1.92. The van der Waals surface area contributed by atoms with Gasteiger partial charge in [-0.3, -0.25) is 4.79 Å². The number of hydrogen-bond acceptors (Lipinski definition) is 1. The lowest BCUT2D eigenvalue weighted by atomic mass is 10.1. The van der Waals surface area contributed by atoms with E-state index in [1.807, 2.05) is 5.32 Å². The van der Waals surface area contributed by atoms with E-state index in [9.17, 15) is 22.4 Å². The van der Waals surface area contributed by atoms with E-state index in [1.54, 1.807) is 6.92 Å². The highest BCUT2D eigenvalue weighted by Gasteiger charge is 2.48. The highest BCUT2D eigenvalue weighted by molar-refractivity contribution is 5.83. The molecule has 0 radical (unpaired) electrons. The quantitative estimate of drug-likeness (QED) is 0.715. The predicted molar refractivity (Wildman–Crippen MR) is 45.8 cm³/mol. The molecule has 15 heavy (non-hydrogen) atoms. The van der Waals surface area contributed by atoms with Gasteiger partial charge in [0.1, 0.15) is 0 Å². The Kier molecular flexibility index (Phi) is 3.57. The highest BCUT2D eigenvalue weighted by atomic mass is 19.3. The van der Waals surface area contributed by atoms with E-state index in [-0.39, 0.29) is 12.5 Å². The standard InChI is InChI=1S/C9H13F4NO/c1-5(6-2-3-6)4-14-8(15)9(12,13)7(10)11/h5-7H,2-4H2,1H3,(H,14,15). The Labute approximate surface area is 85.0 Å². The first-order valence-electron chi connectivity index (χ1n) is 4.80. The molecule has 88 valence electrons. The Morgan fingerprint density at radius 3 is 2.40 bits per heavy atom. The Bertz CT molecular complexity index is 240. The van der Waals surface area contributed by atoms with Crippen molar-refractivity contribution < 1.29 is 22.4 Å². The molecule has 2 nitrogen and oxygen atoms in total. The number of carbonyl (C=O) groups excluding carboxylic acids is 1. The average Bonchev–Trinajstić information content (AvgIpc) is 2.96. The van der Waals surface area contributed by atoms with E-state index in [0.29, 0.717) is 5.92 Å². The maximum absolute atomic E-state index is 12.4. The fourth-order valence-electron chi connectivity index (χ4n) is 1.30. The van der Waals surface area contributed by atoms with Gasteiger partial charge in [-0.1, -0.05) is 6.92 Å². The second kappa shape index (κ2) is 4.37. The number of carbonyl (C=O) groups is 1. The normalized spacial score (nSPS) is 19.1. The summed E-state index contributed by atoms with van der Waals surface area (Å²) in [7, 11) is 0. The smallest absolute Gasteiger partial charge is 0.350 e. The van der Waals surface area contributed by atoms with Crippen molar-refractivity contribution in [2.75, 3.05) is 6.54 Å². The highest BCUT2D eigenvalue weighted by Crippen LogP contribution is 2.36. The van der Waals surface area contributed by atoms with Gasteiger partial charge in [-0.25, -0.2) is 8.78 Å². The number of hydrogen-bond donors (Lipinski definition) is 1. The molecule has 0 aromatic rings. The van der Waals surface area contributed by atoms with Crippen LogP contribution in [0.25, 0.3) is 0 Å². The van der Waals surface area contributed by atoms with Crippen LogP contribution in [0, 0.1) is 11.8 Å². The van der Waals surface area contributed by atoms with Gasteiger partial charge >= 0.3 is 12.3 Å². The molecule has 1 atom stereocenters. The average molecular weight is 227 g/mol. The first-order valence-corrected chi connectivity index (χ1v) is 4.80. The van der Waals surface area contributed by atoms with Crippen LogP contribution in [0.4, 0.5) is 17.6 Å². The van der Waals surface area contributed by atoms with Crippen molar-refractivity contribution in [1.82, 2.24) is 5.32 Å². The monoisotopic (exact) mass is 227 g/mol. The van der Waals surface area contributed by atoms with E-state index in [0.717, 1.165) is 12.8 Å². The molecule has 1 fully saturated rings. The fourth-order valence-corrected chi connectivity index (χ4v) is 1.30. The predicted octanol–water partition coefficient (Wildman–Crippen LogP) is 2.05. The summed E-state index contributed by atoms with van der Waals surface area (Å²) in [5.74, 6) is -5.96. The number of alkyl halides is 4. The van der Waals surface area contributed by atoms with Crippen molar-refractivity contribution in [2.45, 2.75) is 32.1 Å². The van der Waals surface area contributed by atoms with Gasteiger partial charge in [-0.2, -0.15) is 8.78 Å². The molecule has 1 amide bonds. The third-order valence-corrected chi connectivity index (χ3v) is 2.59. The van der Waals surface area contributed by atoms with Crippen molar-refractivity contribution in [1.29, 1.82) is 0 Å². The molecule has 0 spiro atoms. The van der Waals surface area contributed by atoms with Crippen LogP contribution in [-0.2, 0) is 4.79 Å². The summed E-state index contributed by atoms with van der Waals surface area (Å²) < 4.78 is 48.4. The van der Waals surface area contributed by atoms with Crippen LogP contribution in [0.5, 0.6) is 0 Å². The molecule has 0 aliphatic heterocycles.